The first-order valence-electron chi connectivity index (χ1n) is 11.5. The summed E-state index contributed by atoms with van der Waals surface area (Å²) < 4.78 is 13.2. The Morgan fingerprint density at radius 3 is 2.51 bits per heavy atom. The molecule has 0 saturated carbocycles. The Morgan fingerprint density at radius 1 is 0.971 bits per heavy atom. The molecule has 2 heterocycles. The van der Waals surface area contributed by atoms with Crippen molar-refractivity contribution >= 4 is 34.3 Å². The average Bonchev–Trinajstić information content (AvgIpc) is 3.22. The molecule has 4 aromatic rings. The summed E-state index contributed by atoms with van der Waals surface area (Å²) in [7, 11) is 3.24. The number of aromatic nitrogens is 2. The van der Waals surface area contributed by atoms with Crippen molar-refractivity contribution in [3.63, 3.8) is 0 Å². The van der Waals surface area contributed by atoms with Crippen molar-refractivity contribution in [3.05, 3.63) is 77.4 Å². The Kier molecular flexibility index (Phi) is 5.76. The predicted octanol–water partition coefficient (Wildman–Crippen LogP) is 5.62. The van der Waals surface area contributed by atoms with E-state index in [0.717, 1.165) is 33.4 Å². The van der Waals surface area contributed by atoms with Gasteiger partial charge in [-0.1, -0.05) is 29.8 Å². The molecular weight excluding hydrogens is 440 g/mol. The van der Waals surface area contributed by atoms with E-state index in [1.807, 2.05) is 79.9 Å². The third-order valence-corrected chi connectivity index (χ3v) is 6.58. The van der Waals surface area contributed by atoms with Crippen LogP contribution < -0.4 is 14.8 Å². The molecule has 0 saturated heterocycles. The molecule has 1 aliphatic rings. The second kappa shape index (κ2) is 8.91. The molecule has 2 atom stereocenters. The van der Waals surface area contributed by atoms with Crippen LogP contribution in [-0.4, -0.2) is 35.4 Å². The van der Waals surface area contributed by atoms with Gasteiger partial charge < -0.3 is 14.8 Å². The Balaban J connectivity index is 1.69. The van der Waals surface area contributed by atoms with Crippen molar-refractivity contribution in [2.24, 2.45) is 10.9 Å². The number of aryl methyl sites for hydroxylation is 2. The van der Waals surface area contributed by atoms with Gasteiger partial charge in [0.05, 0.1) is 31.3 Å². The quantitative estimate of drug-likeness (QED) is 0.412. The van der Waals surface area contributed by atoms with Crippen molar-refractivity contribution in [3.8, 4) is 11.5 Å². The smallest absolute Gasteiger partial charge is 0.235 e. The minimum Gasteiger partial charge on any atom is -0.497 e. The monoisotopic (exact) mass is 468 g/mol. The minimum atomic E-state index is -0.580. The van der Waals surface area contributed by atoms with Gasteiger partial charge in [-0.15, -0.1) is 0 Å². The van der Waals surface area contributed by atoms with Gasteiger partial charge in [-0.2, -0.15) is 0 Å². The normalized spacial score (nSPS) is 17.0. The Morgan fingerprint density at radius 2 is 1.77 bits per heavy atom. The molecule has 178 valence electrons. The van der Waals surface area contributed by atoms with Gasteiger partial charge in [-0.25, -0.2) is 9.98 Å². The number of ether oxygens (including phenoxy) is 2. The lowest BCUT2D eigenvalue weighted by molar-refractivity contribution is -0.118. The molecular formula is C28H28N4O3. The fraction of sp³-hybridized carbons (Fsp3) is 0.250. The highest BCUT2D eigenvalue weighted by Crippen LogP contribution is 2.43. The molecule has 5 rings (SSSR count). The number of nitrogens with one attached hydrogen (secondary N) is 1. The maximum absolute atomic E-state index is 13.9. The summed E-state index contributed by atoms with van der Waals surface area (Å²) in [5.41, 5.74) is 6.22. The van der Waals surface area contributed by atoms with Crippen LogP contribution in [0.3, 0.4) is 0 Å². The summed E-state index contributed by atoms with van der Waals surface area (Å²) in [6.07, 6.45) is 0. The Hall–Kier alpha value is -4.13. The number of aliphatic imine (C=N–C) groups is 1. The van der Waals surface area contributed by atoms with Gasteiger partial charge in [0, 0.05) is 23.0 Å². The van der Waals surface area contributed by atoms with E-state index in [1.165, 1.54) is 0 Å². The molecule has 3 aromatic carbocycles. The van der Waals surface area contributed by atoms with Gasteiger partial charge in [0.25, 0.3) is 0 Å². The van der Waals surface area contributed by atoms with Crippen molar-refractivity contribution in [2.45, 2.75) is 26.8 Å². The van der Waals surface area contributed by atoms with Crippen molar-refractivity contribution in [2.75, 3.05) is 19.5 Å². The number of methoxy groups -OCH3 is 2. The van der Waals surface area contributed by atoms with Crippen LogP contribution in [-0.2, 0) is 4.79 Å². The molecule has 0 bridgehead atoms. The number of hydrogen-bond acceptors (Lipinski definition) is 5. The van der Waals surface area contributed by atoms with Crippen molar-refractivity contribution in [1.82, 2.24) is 9.55 Å². The molecule has 1 N–H and O–H groups in total. The number of carbonyl (C=O) groups is 1. The second-order valence-corrected chi connectivity index (χ2v) is 8.86. The van der Waals surface area contributed by atoms with Crippen LogP contribution in [0, 0.1) is 19.8 Å². The number of anilines is 1. The van der Waals surface area contributed by atoms with Crippen LogP contribution in [0.1, 0.15) is 29.7 Å². The average molecular weight is 469 g/mol. The van der Waals surface area contributed by atoms with Crippen LogP contribution >= 0.6 is 0 Å². The van der Waals surface area contributed by atoms with E-state index in [4.69, 9.17) is 19.5 Å². The first kappa shape index (κ1) is 22.7. The van der Waals surface area contributed by atoms with E-state index in [2.05, 4.69) is 11.4 Å². The molecule has 2 unspecified atom stereocenters. The number of rotatable bonds is 5. The summed E-state index contributed by atoms with van der Waals surface area (Å²) in [5, 5.41) is 3.15. The highest BCUT2D eigenvalue weighted by Gasteiger charge is 2.40. The van der Waals surface area contributed by atoms with E-state index in [0.29, 0.717) is 23.2 Å². The topological polar surface area (TPSA) is 77.7 Å². The number of nitrogens with zero attached hydrogens (tertiary/aromatic N) is 3. The van der Waals surface area contributed by atoms with Gasteiger partial charge in [0.15, 0.2) is 0 Å². The number of hydrogen-bond donors (Lipinski definition) is 1. The third-order valence-electron chi connectivity index (χ3n) is 6.58. The van der Waals surface area contributed by atoms with Crippen LogP contribution in [0.5, 0.6) is 11.5 Å². The van der Waals surface area contributed by atoms with Gasteiger partial charge in [0.1, 0.15) is 17.4 Å². The molecule has 0 radical (unpaired) electrons. The second-order valence-electron chi connectivity index (χ2n) is 8.86. The van der Waals surface area contributed by atoms with Gasteiger partial charge in [-0.05, 0) is 56.7 Å². The maximum atomic E-state index is 13.9. The zero-order chi connectivity index (χ0) is 24.7. The van der Waals surface area contributed by atoms with Crippen LogP contribution in [0.2, 0.25) is 0 Å². The Labute approximate surface area is 204 Å². The van der Waals surface area contributed by atoms with Crippen LogP contribution in [0.25, 0.3) is 11.0 Å². The fourth-order valence-corrected chi connectivity index (χ4v) is 4.87. The van der Waals surface area contributed by atoms with E-state index < -0.39 is 12.0 Å². The van der Waals surface area contributed by atoms with E-state index >= 15 is 0 Å². The molecule has 7 heteroatoms. The molecule has 0 fully saturated rings. The zero-order valence-electron chi connectivity index (χ0n) is 20.5. The lowest BCUT2D eigenvalue weighted by Crippen LogP contribution is -2.38. The summed E-state index contributed by atoms with van der Waals surface area (Å²) in [6, 6.07) is 19.1. The molecule has 1 aromatic heterocycles. The number of amides is 1. The Bertz CT molecular complexity index is 1470. The number of para-hydroxylation sites is 2. The highest BCUT2D eigenvalue weighted by atomic mass is 16.5. The molecule has 0 spiro atoms. The first-order chi connectivity index (χ1) is 16.9. The molecule has 1 amide bonds. The summed E-state index contributed by atoms with van der Waals surface area (Å²) in [6.45, 7) is 5.92. The SMILES string of the molecule is COc1ccc(C2C(C(=O)Nc3ccc(C)cc3C)C(C)=Nc3nc4ccccc4n32)c(OC)c1. The molecule has 1 aliphatic heterocycles. The van der Waals surface area contributed by atoms with Gasteiger partial charge in [0.2, 0.25) is 11.9 Å². The maximum Gasteiger partial charge on any atom is 0.235 e. The minimum absolute atomic E-state index is 0.135. The summed E-state index contributed by atoms with van der Waals surface area (Å²) in [5.74, 6) is 1.17. The van der Waals surface area contributed by atoms with Crippen LogP contribution in [0.4, 0.5) is 11.6 Å². The van der Waals surface area contributed by atoms with E-state index in [-0.39, 0.29) is 5.91 Å². The lowest BCUT2D eigenvalue weighted by Gasteiger charge is -2.33. The number of benzene rings is 3. The van der Waals surface area contributed by atoms with E-state index in [9.17, 15) is 4.79 Å². The van der Waals surface area contributed by atoms with Gasteiger partial charge >= 0.3 is 0 Å². The largest absolute Gasteiger partial charge is 0.497 e. The first-order valence-corrected chi connectivity index (χ1v) is 11.5. The predicted molar refractivity (Wildman–Crippen MR) is 138 cm³/mol. The van der Waals surface area contributed by atoms with Crippen molar-refractivity contribution in [1.29, 1.82) is 0 Å². The van der Waals surface area contributed by atoms with Crippen LogP contribution in [0.15, 0.2) is 65.7 Å². The van der Waals surface area contributed by atoms with E-state index in [1.54, 1.807) is 14.2 Å². The molecule has 35 heavy (non-hydrogen) atoms. The summed E-state index contributed by atoms with van der Waals surface area (Å²) >= 11 is 0. The number of carbonyl (C=O) groups excluding carboxylic acids is 1. The fourth-order valence-electron chi connectivity index (χ4n) is 4.87. The molecule has 7 nitrogen and oxygen atoms in total. The van der Waals surface area contributed by atoms with Gasteiger partial charge in [-0.3, -0.25) is 9.36 Å². The zero-order valence-corrected chi connectivity index (χ0v) is 20.5. The standard InChI is InChI=1S/C28H28N4O3/c1-16-10-13-21(17(2)14-16)30-27(33)25-18(3)29-28-31-22-8-6-7-9-23(22)32(28)26(25)20-12-11-19(34-4)15-24(20)35-5/h6-15,25-26H,1-5H3,(H,30,33). The highest BCUT2D eigenvalue weighted by molar-refractivity contribution is 6.11. The number of fused-ring (bicyclic) bond motifs is 3. The number of imidazole rings is 1. The summed E-state index contributed by atoms with van der Waals surface area (Å²) in [4.78, 5) is 23.4. The molecule has 0 aliphatic carbocycles. The lowest BCUT2D eigenvalue weighted by atomic mass is 9.86. The van der Waals surface area contributed by atoms with Crippen molar-refractivity contribution < 1.29 is 14.3 Å². The third kappa shape index (κ3) is 3.93.